The monoisotopic (exact) mass is 916 g/mol. The van der Waals surface area contributed by atoms with Crippen molar-refractivity contribution in [3.63, 3.8) is 0 Å². The summed E-state index contributed by atoms with van der Waals surface area (Å²) in [6, 6.07) is 24.7. The summed E-state index contributed by atoms with van der Waals surface area (Å²) in [6.07, 6.45) is 13.7. The van der Waals surface area contributed by atoms with E-state index in [1.807, 2.05) is 130 Å². The number of ketones is 1. The first-order chi connectivity index (χ1) is 32.2. The SMILES string of the molecule is CNC(C(=O)NC(Cc1ccccc1)C(=O)N1CCCC(C(=O)O[C@@H](C/C=C/C=C/CC(C)C(O)[C@H](C=O)CCC(C)=O)/C(C)=C/C=C/C(=O)Nc2ccc(-c3ccccc3)cc2)N1)C(C)C. The molecule has 5 unspecified atom stereocenters. The van der Waals surface area contributed by atoms with Gasteiger partial charge in [0.25, 0.3) is 5.91 Å². The molecule has 67 heavy (non-hydrogen) atoms. The van der Waals surface area contributed by atoms with Crippen LogP contribution in [0.2, 0.25) is 0 Å². The number of rotatable bonds is 25. The van der Waals surface area contributed by atoms with Crippen LogP contribution in [-0.4, -0.2) is 89.8 Å². The number of allylic oxidation sites excluding steroid dienone is 5. The quantitative estimate of drug-likeness (QED) is 0.0251. The largest absolute Gasteiger partial charge is 0.456 e. The number of Topliss-reactive ketones (excluding diaryl/α,β-unsaturated/α-hetero) is 1. The van der Waals surface area contributed by atoms with Crippen LogP contribution in [0, 0.1) is 17.8 Å². The van der Waals surface area contributed by atoms with Crippen molar-refractivity contribution in [2.24, 2.45) is 17.8 Å². The normalized spacial score (nSPS) is 17.2. The van der Waals surface area contributed by atoms with Crippen molar-refractivity contribution in [2.75, 3.05) is 18.9 Å². The Morgan fingerprint density at radius 1 is 0.866 bits per heavy atom. The van der Waals surface area contributed by atoms with Gasteiger partial charge in [-0.2, -0.15) is 0 Å². The average Bonchev–Trinajstić information content (AvgIpc) is 3.32. The molecule has 0 radical (unpaired) electrons. The molecule has 0 aromatic heterocycles. The number of benzene rings is 3. The molecule has 3 aromatic rings. The van der Waals surface area contributed by atoms with Crippen LogP contribution in [0.1, 0.15) is 78.7 Å². The number of hydrazine groups is 1. The molecule has 0 bridgehead atoms. The number of carbonyl (C=O) groups is 6. The van der Waals surface area contributed by atoms with E-state index < -0.39 is 42.2 Å². The van der Waals surface area contributed by atoms with E-state index in [0.29, 0.717) is 49.8 Å². The van der Waals surface area contributed by atoms with Crippen LogP contribution in [-0.2, 0) is 39.9 Å². The third kappa shape index (κ3) is 17.8. The van der Waals surface area contributed by atoms with Crippen LogP contribution in [0.4, 0.5) is 5.69 Å². The third-order valence-corrected chi connectivity index (χ3v) is 11.8. The van der Waals surface area contributed by atoms with Gasteiger partial charge in [0.2, 0.25) is 11.8 Å². The number of ether oxygens (including phenoxy) is 1. The minimum absolute atomic E-state index is 0.0211. The van der Waals surface area contributed by atoms with Gasteiger partial charge in [0.05, 0.1) is 12.1 Å². The van der Waals surface area contributed by atoms with Crippen molar-refractivity contribution in [2.45, 2.75) is 110 Å². The molecule has 3 amide bonds. The number of aliphatic hydroxyl groups is 1. The van der Waals surface area contributed by atoms with E-state index in [1.54, 1.807) is 26.1 Å². The zero-order valence-electron chi connectivity index (χ0n) is 39.7. The summed E-state index contributed by atoms with van der Waals surface area (Å²) in [6.45, 7) is 9.30. The molecule has 1 heterocycles. The summed E-state index contributed by atoms with van der Waals surface area (Å²) in [5.74, 6) is -2.47. The topological polar surface area (TPSA) is 183 Å². The third-order valence-electron chi connectivity index (χ3n) is 11.8. The Kier molecular flexibility index (Phi) is 22.3. The molecule has 358 valence electrons. The van der Waals surface area contributed by atoms with Gasteiger partial charge in [0.1, 0.15) is 30.3 Å². The van der Waals surface area contributed by atoms with Gasteiger partial charge in [-0.05, 0) is 92.8 Å². The zero-order valence-corrected chi connectivity index (χ0v) is 39.7. The molecule has 1 saturated heterocycles. The lowest BCUT2D eigenvalue weighted by Crippen LogP contribution is -2.61. The van der Waals surface area contributed by atoms with Crippen LogP contribution in [0.15, 0.2) is 133 Å². The summed E-state index contributed by atoms with van der Waals surface area (Å²) >= 11 is 0. The molecular formula is C54H69N5O8. The number of hydrogen-bond donors (Lipinski definition) is 5. The maximum absolute atomic E-state index is 14.2. The standard InChI is InChI=1S/C54H69N5O8/c1-37(2)50(55-6)52(64)57-47(35-41-21-12-9-13-22-41)53(65)59-34-18-25-46(58-59)54(66)67-48(26-16-8-7-11-19-39(4)51(63)44(36-60)29-28-40(5)61)38(3)20-17-27-49(62)56-45-32-30-43(31-33-45)42-23-14-10-15-24-42/h7-17,20-24,27,30-33,36-37,39,44,46-48,50-51,55,58,63H,18-19,25-26,28-29,34-35H2,1-6H3,(H,56,62)(H,57,64)/b11-7+,16-8+,27-17+,38-20+/t39?,44-,46?,47?,48-,50?,51?/m0/s1. The van der Waals surface area contributed by atoms with Crippen molar-refractivity contribution in [3.8, 4) is 11.1 Å². The summed E-state index contributed by atoms with van der Waals surface area (Å²) < 4.78 is 6.14. The summed E-state index contributed by atoms with van der Waals surface area (Å²) in [7, 11) is 1.71. The van der Waals surface area contributed by atoms with Gasteiger partial charge in [0.15, 0.2) is 0 Å². The van der Waals surface area contributed by atoms with Gasteiger partial charge < -0.3 is 35.4 Å². The number of likely N-dealkylation sites (N-methyl/N-ethyl adjacent to an activating group) is 1. The van der Waals surface area contributed by atoms with Gasteiger partial charge in [-0.3, -0.25) is 24.2 Å². The molecule has 5 N–H and O–H groups in total. The fourth-order valence-electron chi connectivity index (χ4n) is 7.79. The zero-order chi connectivity index (χ0) is 48.7. The number of esters is 1. The second kappa shape index (κ2) is 28.0. The number of nitrogens with one attached hydrogen (secondary N) is 4. The molecular weight excluding hydrogens is 847 g/mol. The van der Waals surface area contributed by atoms with E-state index >= 15 is 0 Å². The smallest absolute Gasteiger partial charge is 0.325 e. The van der Waals surface area contributed by atoms with Gasteiger partial charge in [-0.15, -0.1) is 0 Å². The van der Waals surface area contributed by atoms with Gasteiger partial charge in [-0.25, -0.2) is 5.43 Å². The number of aldehydes is 1. The minimum Gasteiger partial charge on any atom is -0.456 e. The molecule has 1 aliphatic rings. The predicted octanol–water partition coefficient (Wildman–Crippen LogP) is 7.25. The molecule has 0 saturated carbocycles. The van der Waals surface area contributed by atoms with Gasteiger partial charge >= 0.3 is 5.97 Å². The first-order valence-electron chi connectivity index (χ1n) is 23.3. The lowest BCUT2D eigenvalue weighted by Gasteiger charge is -2.36. The molecule has 1 aliphatic heterocycles. The fourth-order valence-corrected chi connectivity index (χ4v) is 7.79. The number of anilines is 1. The second-order valence-electron chi connectivity index (χ2n) is 17.5. The van der Waals surface area contributed by atoms with Crippen molar-refractivity contribution in [1.82, 2.24) is 21.1 Å². The molecule has 0 spiro atoms. The molecule has 1 fully saturated rings. The minimum atomic E-state index is -0.898. The van der Waals surface area contributed by atoms with E-state index in [2.05, 4.69) is 21.4 Å². The number of carbonyl (C=O) groups excluding carboxylic acids is 6. The first-order valence-corrected chi connectivity index (χ1v) is 23.3. The Morgan fingerprint density at radius 3 is 2.13 bits per heavy atom. The lowest BCUT2D eigenvalue weighted by atomic mass is 9.87. The Hall–Kier alpha value is -6.28. The summed E-state index contributed by atoms with van der Waals surface area (Å²) in [4.78, 5) is 77.4. The van der Waals surface area contributed by atoms with Gasteiger partial charge in [0, 0.05) is 43.5 Å². The average molecular weight is 916 g/mol. The van der Waals surface area contributed by atoms with E-state index in [-0.39, 0.29) is 54.6 Å². The van der Waals surface area contributed by atoms with E-state index in [4.69, 9.17) is 4.74 Å². The second-order valence-corrected chi connectivity index (χ2v) is 17.5. The highest BCUT2D eigenvalue weighted by Crippen LogP contribution is 2.23. The lowest BCUT2D eigenvalue weighted by molar-refractivity contribution is -0.156. The Bertz CT molecular complexity index is 2190. The van der Waals surface area contributed by atoms with Crippen LogP contribution in [0.3, 0.4) is 0 Å². The van der Waals surface area contributed by atoms with E-state index in [0.717, 1.165) is 16.7 Å². The number of hydrogen-bond acceptors (Lipinski definition) is 10. The summed E-state index contributed by atoms with van der Waals surface area (Å²) in [5, 5.41) is 21.0. The van der Waals surface area contributed by atoms with Crippen LogP contribution in [0.5, 0.6) is 0 Å². The highest BCUT2D eigenvalue weighted by Gasteiger charge is 2.35. The van der Waals surface area contributed by atoms with Gasteiger partial charge in [-0.1, -0.05) is 130 Å². The maximum Gasteiger partial charge on any atom is 0.325 e. The van der Waals surface area contributed by atoms with E-state index in [9.17, 15) is 33.9 Å². The van der Waals surface area contributed by atoms with Crippen molar-refractivity contribution < 1.29 is 38.6 Å². The molecule has 7 atom stereocenters. The maximum atomic E-state index is 14.2. The summed E-state index contributed by atoms with van der Waals surface area (Å²) in [5.41, 5.74) is 7.37. The van der Waals surface area contributed by atoms with Crippen LogP contribution < -0.4 is 21.4 Å². The van der Waals surface area contributed by atoms with Crippen LogP contribution >= 0.6 is 0 Å². The Morgan fingerprint density at radius 2 is 1.51 bits per heavy atom. The van der Waals surface area contributed by atoms with E-state index in [1.165, 1.54) is 18.0 Å². The van der Waals surface area contributed by atoms with Crippen molar-refractivity contribution in [3.05, 3.63) is 139 Å². The predicted molar refractivity (Wildman–Crippen MR) is 263 cm³/mol. The molecule has 4 rings (SSSR count). The first kappa shape index (κ1) is 53.3. The number of aliphatic hydroxyl groups excluding tert-OH is 1. The van der Waals surface area contributed by atoms with Crippen LogP contribution in [0.25, 0.3) is 11.1 Å². The highest BCUT2D eigenvalue weighted by molar-refractivity contribution is 5.99. The molecule has 3 aromatic carbocycles. The highest BCUT2D eigenvalue weighted by atomic mass is 16.5. The van der Waals surface area contributed by atoms with Crippen molar-refractivity contribution >= 4 is 41.4 Å². The number of nitrogens with zero attached hydrogens (tertiary/aromatic N) is 1. The molecule has 13 nitrogen and oxygen atoms in total. The number of amides is 3. The molecule has 13 heteroatoms. The Balaban J connectivity index is 1.46. The Labute approximate surface area is 396 Å². The molecule has 0 aliphatic carbocycles. The fraction of sp³-hybridized carbons (Fsp3) is 0.407. The van der Waals surface area contributed by atoms with Crippen molar-refractivity contribution in [1.29, 1.82) is 0 Å².